The van der Waals surface area contributed by atoms with Crippen LogP contribution in [0.5, 0.6) is 0 Å². The zero-order valence-electron chi connectivity index (χ0n) is 12.4. The lowest BCUT2D eigenvalue weighted by atomic mass is 9.99. The molecule has 1 aliphatic heterocycles. The molecular formula is C16H22N4O. The number of benzene rings is 1. The van der Waals surface area contributed by atoms with E-state index in [1.165, 1.54) is 0 Å². The lowest BCUT2D eigenvalue weighted by Gasteiger charge is -2.15. The molecule has 0 spiro atoms. The lowest BCUT2D eigenvalue weighted by molar-refractivity contribution is -0.129. The lowest BCUT2D eigenvalue weighted by Crippen LogP contribution is -2.33. The molecule has 1 amide bonds. The molecule has 3 rings (SSSR count). The van der Waals surface area contributed by atoms with Crippen molar-refractivity contribution in [2.75, 3.05) is 13.1 Å². The number of nitrogens with two attached hydrogens (primary N) is 1. The van der Waals surface area contributed by atoms with Gasteiger partial charge in [-0.1, -0.05) is 25.5 Å². The summed E-state index contributed by atoms with van der Waals surface area (Å²) in [5, 5.41) is 0. The van der Waals surface area contributed by atoms with Crippen molar-refractivity contribution in [3.05, 3.63) is 30.1 Å². The van der Waals surface area contributed by atoms with E-state index in [1.54, 1.807) is 0 Å². The summed E-state index contributed by atoms with van der Waals surface area (Å²) in [6.45, 7) is 3.61. The van der Waals surface area contributed by atoms with Crippen molar-refractivity contribution >= 4 is 16.9 Å². The van der Waals surface area contributed by atoms with E-state index in [-0.39, 0.29) is 11.9 Å². The molecule has 0 aliphatic carbocycles. The number of fused-ring (bicyclic) bond motifs is 1. The van der Waals surface area contributed by atoms with Crippen LogP contribution in [-0.2, 0) is 11.2 Å². The maximum Gasteiger partial charge on any atom is 0.230 e. The SMILES string of the molecule is CCC[C@H]1CN(C(=O)Cc2nc3ccccc3[nH]2)C[C@@H]1N. The molecule has 1 aliphatic rings. The molecule has 5 nitrogen and oxygen atoms in total. The third-order valence-electron chi connectivity index (χ3n) is 4.26. The number of rotatable bonds is 4. The second-order valence-electron chi connectivity index (χ2n) is 5.89. The van der Waals surface area contributed by atoms with Gasteiger partial charge >= 0.3 is 0 Å². The average molecular weight is 286 g/mol. The molecule has 2 heterocycles. The maximum atomic E-state index is 12.4. The van der Waals surface area contributed by atoms with Crippen LogP contribution < -0.4 is 5.73 Å². The smallest absolute Gasteiger partial charge is 0.230 e. The van der Waals surface area contributed by atoms with Crippen molar-refractivity contribution in [3.63, 3.8) is 0 Å². The van der Waals surface area contributed by atoms with Crippen LogP contribution in [0, 0.1) is 5.92 Å². The van der Waals surface area contributed by atoms with Gasteiger partial charge in [0.25, 0.3) is 0 Å². The number of amides is 1. The van der Waals surface area contributed by atoms with E-state index < -0.39 is 0 Å². The highest BCUT2D eigenvalue weighted by molar-refractivity contribution is 5.80. The number of para-hydroxylation sites is 2. The minimum absolute atomic E-state index is 0.114. The zero-order valence-corrected chi connectivity index (χ0v) is 12.4. The highest BCUT2D eigenvalue weighted by Crippen LogP contribution is 2.21. The van der Waals surface area contributed by atoms with Gasteiger partial charge in [-0.15, -0.1) is 0 Å². The van der Waals surface area contributed by atoms with Crippen LogP contribution in [0.3, 0.4) is 0 Å². The number of H-pyrrole nitrogens is 1. The van der Waals surface area contributed by atoms with Crippen molar-refractivity contribution < 1.29 is 4.79 Å². The summed E-state index contributed by atoms with van der Waals surface area (Å²) in [6, 6.07) is 7.94. The number of likely N-dealkylation sites (tertiary alicyclic amines) is 1. The first-order valence-electron chi connectivity index (χ1n) is 7.64. The average Bonchev–Trinajstić information content (AvgIpc) is 3.03. The summed E-state index contributed by atoms with van der Waals surface area (Å²) in [5.41, 5.74) is 8.01. The van der Waals surface area contributed by atoms with Crippen molar-refractivity contribution in [3.8, 4) is 0 Å². The first kappa shape index (κ1) is 14.1. The minimum Gasteiger partial charge on any atom is -0.342 e. The van der Waals surface area contributed by atoms with Crippen LogP contribution in [0.4, 0.5) is 0 Å². The number of aromatic nitrogens is 2. The van der Waals surface area contributed by atoms with Crippen LogP contribution in [0.1, 0.15) is 25.6 Å². The van der Waals surface area contributed by atoms with E-state index in [9.17, 15) is 4.79 Å². The normalized spacial score (nSPS) is 22.1. The monoisotopic (exact) mass is 286 g/mol. The van der Waals surface area contributed by atoms with Gasteiger partial charge in [0.05, 0.1) is 17.5 Å². The Morgan fingerprint density at radius 2 is 2.24 bits per heavy atom. The summed E-state index contributed by atoms with van der Waals surface area (Å²) in [4.78, 5) is 22.0. The summed E-state index contributed by atoms with van der Waals surface area (Å²) in [5.74, 6) is 1.28. The molecule has 0 radical (unpaired) electrons. The van der Waals surface area contributed by atoms with Gasteiger partial charge in [-0.2, -0.15) is 0 Å². The molecule has 21 heavy (non-hydrogen) atoms. The standard InChI is InChI=1S/C16H22N4O/c1-2-5-11-9-20(10-12(11)17)16(21)8-15-18-13-6-3-4-7-14(13)19-15/h3-4,6-7,11-12H,2,5,8-10,17H2,1H3,(H,18,19)/t11-,12-/m0/s1. The topological polar surface area (TPSA) is 75.0 Å². The number of carbonyl (C=O) groups excluding carboxylic acids is 1. The quantitative estimate of drug-likeness (QED) is 0.898. The van der Waals surface area contributed by atoms with Crippen molar-refractivity contribution in [1.29, 1.82) is 0 Å². The molecule has 1 saturated heterocycles. The van der Waals surface area contributed by atoms with Gasteiger partial charge < -0.3 is 15.6 Å². The Balaban J connectivity index is 1.66. The van der Waals surface area contributed by atoms with E-state index in [0.29, 0.717) is 18.9 Å². The fourth-order valence-corrected chi connectivity index (χ4v) is 3.12. The molecule has 1 aromatic carbocycles. The Morgan fingerprint density at radius 1 is 1.43 bits per heavy atom. The molecule has 0 unspecified atom stereocenters. The maximum absolute atomic E-state index is 12.4. The fraction of sp³-hybridized carbons (Fsp3) is 0.500. The summed E-state index contributed by atoms with van der Waals surface area (Å²) in [7, 11) is 0. The largest absolute Gasteiger partial charge is 0.342 e. The van der Waals surface area contributed by atoms with Gasteiger partial charge in [-0.05, 0) is 24.5 Å². The van der Waals surface area contributed by atoms with Gasteiger partial charge in [-0.25, -0.2) is 4.98 Å². The van der Waals surface area contributed by atoms with Crippen LogP contribution >= 0.6 is 0 Å². The van der Waals surface area contributed by atoms with Gasteiger partial charge in [0.15, 0.2) is 0 Å². The number of hydrogen-bond donors (Lipinski definition) is 2. The first-order chi connectivity index (χ1) is 10.2. The Bertz CT molecular complexity index is 603. The zero-order chi connectivity index (χ0) is 14.8. The number of aromatic amines is 1. The molecule has 2 atom stereocenters. The van der Waals surface area contributed by atoms with Crippen LogP contribution in [-0.4, -0.2) is 39.9 Å². The highest BCUT2D eigenvalue weighted by Gasteiger charge is 2.32. The Hall–Kier alpha value is -1.88. The molecule has 1 aromatic heterocycles. The Kier molecular flexibility index (Phi) is 3.92. The van der Waals surface area contributed by atoms with Crippen molar-refractivity contribution in [1.82, 2.24) is 14.9 Å². The summed E-state index contributed by atoms with van der Waals surface area (Å²) < 4.78 is 0. The predicted octanol–water partition coefficient (Wildman–Crippen LogP) is 1.69. The molecule has 5 heteroatoms. The summed E-state index contributed by atoms with van der Waals surface area (Å²) >= 11 is 0. The van der Waals surface area contributed by atoms with E-state index in [4.69, 9.17) is 5.73 Å². The van der Waals surface area contributed by atoms with Gasteiger partial charge in [0.1, 0.15) is 5.82 Å². The van der Waals surface area contributed by atoms with Gasteiger partial charge in [0.2, 0.25) is 5.91 Å². The highest BCUT2D eigenvalue weighted by atomic mass is 16.2. The van der Waals surface area contributed by atoms with E-state index in [0.717, 1.165) is 36.2 Å². The molecule has 1 fully saturated rings. The second-order valence-corrected chi connectivity index (χ2v) is 5.89. The van der Waals surface area contributed by atoms with E-state index in [2.05, 4.69) is 16.9 Å². The molecular weight excluding hydrogens is 264 g/mol. The number of carbonyl (C=O) groups is 1. The number of nitrogens with zero attached hydrogens (tertiary/aromatic N) is 2. The number of hydrogen-bond acceptors (Lipinski definition) is 3. The van der Waals surface area contributed by atoms with Gasteiger partial charge in [0, 0.05) is 19.1 Å². The van der Waals surface area contributed by atoms with Crippen LogP contribution in [0.2, 0.25) is 0 Å². The molecule has 2 aromatic rings. The Morgan fingerprint density at radius 3 is 3.00 bits per heavy atom. The fourth-order valence-electron chi connectivity index (χ4n) is 3.12. The third-order valence-corrected chi connectivity index (χ3v) is 4.26. The molecule has 0 saturated carbocycles. The molecule has 0 bridgehead atoms. The first-order valence-corrected chi connectivity index (χ1v) is 7.64. The molecule has 3 N–H and O–H groups in total. The predicted molar refractivity (Wildman–Crippen MR) is 82.8 cm³/mol. The number of nitrogens with one attached hydrogen (secondary N) is 1. The summed E-state index contributed by atoms with van der Waals surface area (Å²) in [6.07, 6.45) is 2.53. The second kappa shape index (κ2) is 5.85. The van der Waals surface area contributed by atoms with E-state index >= 15 is 0 Å². The van der Waals surface area contributed by atoms with Crippen molar-refractivity contribution in [2.24, 2.45) is 11.7 Å². The van der Waals surface area contributed by atoms with E-state index in [1.807, 2.05) is 29.2 Å². The minimum atomic E-state index is 0.114. The van der Waals surface area contributed by atoms with Gasteiger partial charge in [-0.3, -0.25) is 4.79 Å². The number of imidazole rings is 1. The molecule has 112 valence electrons. The van der Waals surface area contributed by atoms with Crippen LogP contribution in [0.15, 0.2) is 24.3 Å². The third kappa shape index (κ3) is 2.93. The Labute approximate surface area is 124 Å². The van der Waals surface area contributed by atoms with Crippen molar-refractivity contribution in [2.45, 2.75) is 32.2 Å². The van der Waals surface area contributed by atoms with Crippen LogP contribution in [0.25, 0.3) is 11.0 Å².